The van der Waals surface area contributed by atoms with Crippen molar-refractivity contribution >= 4 is 0 Å². The van der Waals surface area contributed by atoms with Crippen LogP contribution in [-0.4, -0.2) is 52.2 Å². The predicted octanol–water partition coefficient (Wildman–Crippen LogP) is 2.06. The Balaban J connectivity index is 1.58. The van der Waals surface area contributed by atoms with Gasteiger partial charge < -0.3 is 14.6 Å². The zero-order valence-corrected chi connectivity index (χ0v) is 14.6. The van der Waals surface area contributed by atoms with E-state index in [9.17, 15) is 9.50 Å². The number of piperidine rings is 1. The Morgan fingerprint density at radius 2 is 2.20 bits per heavy atom. The molecule has 0 saturated carbocycles. The summed E-state index contributed by atoms with van der Waals surface area (Å²) in [5.41, 5.74) is 1.13. The lowest BCUT2D eigenvalue weighted by Gasteiger charge is -2.35. The Bertz CT molecular complexity index is 707. The minimum Gasteiger partial charge on any atom is -0.493 e. The molecule has 0 unspecified atom stereocenters. The first-order valence-electron chi connectivity index (χ1n) is 8.51. The van der Waals surface area contributed by atoms with Crippen LogP contribution in [0.1, 0.15) is 18.9 Å². The molecule has 0 aliphatic carbocycles. The first-order valence-corrected chi connectivity index (χ1v) is 8.51. The number of hydrogen-bond donors (Lipinski definition) is 1. The summed E-state index contributed by atoms with van der Waals surface area (Å²) in [5.74, 6) is 0.402. The number of halogens is 1. The number of nitrogens with zero attached hydrogens (tertiary/aromatic N) is 3. The predicted molar refractivity (Wildman–Crippen MR) is 91.2 cm³/mol. The molecular weight excluding hydrogens is 325 g/mol. The quantitative estimate of drug-likeness (QED) is 0.865. The number of aliphatic hydroxyl groups is 1. The number of benzene rings is 1. The first-order chi connectivity index (χ1) is 12.1. The second-order valence-corrected chi connectivity index (χ2v) is 6.25. The molecule has 6 nitrogen and oxygen atoms in total. The van der Waals surface area contributed by atoms with E-state index in [-0.39, 0.29) is 11.9 Å². The number of aromatic nitrogens is 2. The van der Waals surface area contributed by atoms with Gasteiger partial charge >= 0.3 is 0 Å². The second kappa shape index (κ2) is 7.84. The van der Waals surface area contributed by atoms with E-state index < -0.39 is 6.10 Å². The molecule has 2 aromatic rings. The molecule has 1 N–H and O–H groups in total. The molecule has 0 amide bonds. The molecule has 1 aromatic carbocycles. The third-order valence-electron chi connectivity index (χ3n) is 4.43. The third-order valence-corrected chi connectivity index (χ3v) is 4.43. The van der Waals surface area contributed by atoms with E-state index in [4.69, 9.17) is 9.47 Å². The van der Waals surface area contributed by atoms with Gasteiger partial charge in [0.25, 0.3) is 0 Å². The molecule has 1 fully saturated rings. The van der Waals surface area contributed by atoms with E-state index in [1.165, 1.54) is 25.3 Å². The van der Waals surface area contributed by atoms with Gasteiger partial charge in [-0.25, -0.2) is 4.39 Å². The first kappa shape index (κ1) is 17.7. The third kappa shape index (κ3) is 4.29. The number of rotatable bonds is 6. The van der Waals surface area contributed by atoms with E-state index >= 15 is 0 Å². The van der Waals surface area contributed by atoms with Crippen molar-refractivity contribution in [2.75, 3.05) is 20.2 Å². The zero-order valence-electron chi connectivity index (χ0n) is 14.6. The van der Waals surface area contributed by atoms with Gasteiger partial charge in [-0.05, 0) is 25.5 Å². The summed E-state index contributed by atoms with van der Waals surface area (Å²) >= 11 is 0. The number of aliphatic hydroxyl groups excluding tert-OH is 1. The number of methoxy groups -OCH3 is 1. The lowest BCUT2D eigenvalue weighted by atomic mass is 10.0. The zero-order chi connectivity index (χ0) is 17.8. The fourth-order valence-corrected chi connectivity index (χ4v) is 3.08. The van der Waals surface area contributed by atoms with Gasteiger partial charge in [-0.1, -0.05) is 0 Å². The van der Waals surface area contributed by atoms with Gasteiger partial charge in [0.15, 0.2) is 11.5 Å². The summed E-state index contributed by atoms with van der Waals surface area (Å²) in [6.45, 7) is 4.98. The van der Waals surface area contributed by atoms with Crippen molar-refractivity contribution in [2.45, 2.75) is 38.6 Å². The van der Waals surface area contributed by atoms with Crippen molar-refractivity contribution in [3.63, 3.8) is 0 Å². The van der Waals surface area contributed by atoms with E-state index in [0.29, 0.717) is 24.5 Å². The number of aryl methyl sites for hydroxylation is 1. The van der Waals surface area contributed by atoms with Gasteiger partial charge in [-0.3, -0.25) is 9.58 Å². The minimum atomic E-state index is -0.621. The van der Waals surface area contributed by atoms with Crippen LogP contribution in [0.15, 0.2) is 30.6 Å². The topological polar surface area (TPSA) is 59.8 Å². The lowest BCUT2D eigenvalue weighted by Crippen LogP contribution is -2.48. The molecule has 2 heterocycles. The summed E-state index contributed by atoms with van der Waals surface area (Å²) in [4.78, 5) is 2.18. The van der Waals surface area contributed by atoms with Crippen LogP contribution in [0.2, 0.25) is 0 Å². The lowest BCUT2D eigenvalue weighted by molar-refractivity contribution is -0.0283. The highest BCUT2D eigenvalue weighted by molar-refractivity contribution is 5.40. The highest BCUT2D eigenvalue weighted by Gasteiger charge is 2.30. The number of hydrogen-bond acceptors (Lipinski definition) is 5. The van der Waals surface area contributed by atoms with Crippen molar-refractivity contribution in [3.05, 3.63) is 42.0 Å². The maximum atomic E-state index is 13.3. The van der Waals surface area contributed by atoms with Gasteiger partial charge in [-0.15, -0.1) is 0 Å². The highest BCUT2D eigenvalue weighted by Crippen LogP contribution is 2.30. The Morgan fingerprint density at radius 3 is 2.88 bits per heavy atom. The van der Waals surface area contributed by atoms with Crippen LogP contribution in [0.5, 0.6) is 11.5 Å². The summed E-state index contributed by atoms with van der Waals surface area (Å²) < 4.78 is 26.2. The molecule has 7 heteroatoms. The molecule has 25 heavy (non-hydrogen) atoms. The van der Waals surface area contributed by atoms with Crippen molar-refractivity contribution in [3.8, 4) is 11.5 Å². The molecule has 1 aliphatic heterocycles. The Morgan fingerprint density at radius 1 is 1.36 bits per heavy atom. The summed E-state index contributed by atoms with van der Waals surface area (Å²) in [6, 6.07) is 4.14. The molecule has 136 valence electrons. The van der Waals surface area contributed by atoms with Crippen LogP contribution in [0, 0.1) is 5.82 Å². The van der Waals surface area contributed by atoms with Gasteiger partial charge in [0, 0.05) is 44.0 Å². The maximum absolute atomic E-state index is 13.3. The standard InChI is InChI=1S/C18H24FN3O3/c1-3-22-11-13(9-20-22)10-21-7-6-16(15(23)12-21)25-17-5-4-14(19)8-18(17)24-2/h4-5,8-9,11,15-16,23H,3,6-7,10,12H2,1-2H3/t15-,16-/m1/s1. The Hall–Kier alpha value is -2.12. The SMILES string of the molecule is CCn1cc(CN2CC[C@@H](Oc3ccc(F)cc3OC)[C@H](O)C2)cn1. The molecule has 2 atom stereocenters. The van der Waals surface area contributed by atoms with Gasteiger partial charge in [0.2, 0.25) is 0 Å². The van der Waals surface area contributed by atoms with Gasteiger partial charge in [0.1, 0.15) is 18.0 Å². The highest BCUT2D eigenvalue weighted by atomic mass is 19.1. The van der Waals surface area contributed by atoms with Crippen molar-refractivity contribution < 1.29 is 19.0 Å². The molecule has 1 aromatic heterocycles. The Kier molecular flexibility index (Phi) is 5.55. The van der Waals surface area contributed by atoms with Crippen molar-refractivity contribution in [2.24, 2.45) is 0 Å². The molecule has 3 rings (SSSR count). The van der Waals surface area contributed by atoms with E-state index in [0.717, 1.165) is 25.2 Å². The fourth-order valence-electron chi connectivity index (χ4n) is 3.08. The molecule has 0 spiro atoms. The van der Waals surface area contributed by atoms with Crippen LogP contribution >= 0.6 is 0 Å². The molecule has 0 radical (unpaired) electrons. The molecule has 1 saturated heterocycles. The van der Waals surface area contributed by atoms with Crippen molar-refractivity contribution in [1.29, 1.82) is 0 Å². The molecule has 1 aliphatic rings. The Labute approximate surface area is 146 Å². The summed E-state index contributed by atoms with van der Waals surface area (Å²) in [6.07, 6.45) is 3.61. The average Bonchev–Trinajstić information content (AvgIpc) is 3.06. The fraction of sp³-hybridized carbons (Fsp3) is 0.500. The maximum Gasteiger partial charge on any atom is 0.163 e. The number of likely N-dealkylation sites (tertiary alicyclic amines) is 1. The van der Waals surface area contributed by atoms with Crippen LogP contribution in [0.4, 0.5) is 4.39 Å². The van der Waals surface area contributed by atoms with Gasteiger partial charge in [-0.2, -0.15) is 5.10 Å². The van der Waals surface area contributed by atoms with Crippen LogP contribution in [0.25, 0.3) is 0 Å². The summed E-state index contributed by atoms with van der Waals surface area (Å²) in [5, 5.41) is 14.7. The number of β-amino-alcohol motifs (C(OH)–C–C–N with tert-alkyl or cyclic N) is 1. The van der Waals surface area contributed by atoms with E-state index in [2.05, 4.69) is 10.00 Å². The monoisotopic (exact) mass is 349 g/mol. The van der Waals surface area contributed by atoms with Crippen LogP contribution in [0.3, 0.4) is 0 Å². The van der Waals surface area contributed by atoms with Crippen LogP contribution < -0.4 is 9.47 Å². The summed E-state index contributed by atoms with van der Waals surface area (Å²) in [7, 11) is 1.47. The minimum absolute atomic E-state index is 0.335. The average molecular weight is 349 g/mol. The van der Waals surface area contributed by atoms with Crippen LogP contribution in [-0.2, 0) is 13.1 Å². The van der Waals surface area contributed by atoms with Gasteiger partial charge in [0.05, 0.1) is 13.3 Å². The largest absolute Gasteiger partial charge is 0.493 e. The van der Waals surface area contributed by atoms with E-state index in [1.807, 2.05) is 24.0 Å². The van der Waals surface area contributed by atoms with E-state index in [1.54, 1.807) is 0 Å². The van der Waals surface area contributed by atoms with Crippen molar-refractivity contribution in [1.82, 2.24) is 14.7 Å². The normalized spacial score (nSPS) is 21.3. The molecular formula is C18H24FN3O3. The number of ether oxygens (including phenoxy) is 2. The smallest absolute Gasteiger partial charge is 0.163 e. The molecule has 0 bridgehead atoms. The second-order valence-electron chi connectivity index (χ2n) is 6.25.